The molecule has 0 atom stereocenters. The number of anilines is 1. The van der Waals surface area contributed by atoms with Gasteiger partial charge in [0.1, 0.15) is 12.4 Å². The van der Waals surface area contributed by atoms with E-state index >= 15 is 0 Å². The van der Waals surface area contributed by atoms with Crippen LogP contribution in [0.25, 0.3) is 0 Å². The van der Waals surface area contributed by atoms with E-state index in [2.05, 4.69) is 17.6 Å². The Kier molecular flexibility index (Phi) is 5.05. The van der Waals surface area contributed by atoms with Crippen LogP contribution in [0, 0.1) is 0 Å². The van der Waals surface area contributed by atoms with Gasteiger partial charge in [-0.3, -0.25) is 0 Å². The Morgan fingerprint density at radius 2 is 2.00 bits per heavy atom. The van der Waals surface area contributed by atoms with Crippen molar-refractivity contribution in [1.29, 1.82) is 0 Å². The number of urea groups is 1. The third-order valence-corrected chi connectivity index (χ3v) is 3.65. The van der Waals surface area contributed by atoms with E-state index in [0.29, 0.717) is 24.7 Å². The van der Waals surface area contributed by atoms with Crippen molar-refractivity contribution in [2.24, 2.45) is 0 Å². The molecule has 126 valence electrons. The molecule has 1 aliphatic heterocycles. The van der Waals surface area contributed by atoms with E-state index < -0.39 is 0 Å². The third kappa shape index (κ3) is 3.90. The molecular weight excluding hydrogens is 308 g/mol. The number of aryl methyl sites for hydroxylation is 1. The van der Waals surface area contributed by atoms with Crippen LogP contribution in [0.5, 0.6) is 17.2 Å². The summed E-state index contributed by atoms with van der Waals surface area (Å²) in [6.07, 6.45) is 0.865. The Morgan fingerprint density at radius 3 is 2.88 bits per heavy atom. The van der Waals surface area contributed by atoms with E-state index in [4.69, 9.17) is 14.2 Å². The van der Waals surface area contributed by atoms with E-state index in [1.54, 1.807) is 12.1 Å². The zero-order valence-electron chi connectivity index (χ0n) is 13.5. The highest BCUT2D eigenvalue weighted by Crippen LogP contribution is 2.34. The lowest BCUT2D eigenvalue weighted by Gasteiger charge is -2.11. The minimum Gasteiger partial charge on any atom is -0.492 e. The van der Waals surface area contributed by atoms with Crippen LogP contribution in [0.3, 0.4) is 0 Å². The van der Waals surface area contributed by atoms with E-state index in [1.807, 2.05) is 30.3 Å². The Bertz CT molecular complexity index is 718. The first kappa shape index (κ1) is 16.0. The average molecular weight is 328 g/mol. The number of benzene rings is 2. The maximum absolute atomic E-state index is 11.9. The maximum atomic E-state index is 11.9. The van der Waals surface area contributed by atoms with Gasteiger partial charge in [-0.05, 0) is 30.2 Å². The van der Waals surface area contributed by atoms with Gasteiger partial charge in [-0.2, -0.15) is 0 Å². The molecule has 0 bridgehead atoms. The van der Waals surface area contributed by atoms with Crippen molar-refractivity contribution in [1.82, 2.24) is 5.32 Å². The number of hydrogen-bond acceptors (Lipinski definition) is 4. The lowest BCUT2D eigenvalue weighted by Crippen LogP contribution is -2.32. The standard InChI is InChI=1S/C18H20N2O4/c1-2-13-5-3-4-6-15(13)20-18(21)19-9-10-22-14-7-8-16-17(11-14)24-12-23-16/h3-8,11H,2,9-10,12H2,1H3,(H2,19,20,21). The van der Waals surface area contributed by atoms with Crippen LogP contribution in [-0.2, 0) is 6.42 Å². The van der Waals surface area contributed by atoms with Crippen LogP contribution in [-0.4, -0.2) is 26.0 Å². The molecule has 0 saturated heterocycles. The summed E-state index contributed by atoms with van der Waals surface area (Å²) in [7, 11) is 0. The summed E-state index contributed by atoms with van der Waals surface area (Å²) < 4.78 is 16.1. The zero-order chi connectivity index (χ0) is 16.8. The fourth-order valence-electron chi connectivity index (χ4n) is 2.42. The molecule has 0 aromatic heterocycles. The van der Waals surface area contributed by atoms with Gasteiger partial charge in [-0.25, -0.2) is 4.79 Å². The van der Waals surface area contributed by atoms with E-state index in [9.17, 15) is 4.79 Å². The molecule has 0 fully saturated rings. The maximum Gasteiger partial charge on any atom is 0.319 e. The van der Waals surface area contributed by atoms with Crippen LogP contribution in [0.15, 0.2) is 42.5 Å². The number of nitrogens with one attached hydrogen (secondary N) is 2. The molecule has 1 heterocycles. The lowest BCUT2D eigenvalue weighted by atomic mass is 10.1. The molecule has 6 heteroatoms. The average Bonchev–Trinajstić information content (AvgIpc) is 3.07. The molecule has 2 aromatic carbocycles. The molecule has 1 aliphatic rings. The highest BCUT2D eigenvalue weighted by atomic mass is 16.7. The fourth-order valence-corrected chi connectivity index (χ4v) is 2.42. The largest absolute Gasteiger partial charge is 0.492 e. The number of carbonyl (C=O) groups is 1. The van der Waals surface area contributed by atoms with Gasteiger partial charge in [0.2, 0.25) is 6.79 Å². The summed E-state index contributed by atoms with van der Waals surface area (Å²) in [5, 5.41) is 5.63. The van der Waals surface area contributed by atoms with E-state index in [1.165, 1.54) is 0 Å². The van der Waals surface area contributed by atoms with Crippen molar-refractivity contribution in [3.8, 4) is 17.2 Å². The van der Waals surface area contributed by atoms with Crippen LogP contribution in [0.1, 0.15) is 12.5 Å². The quantitative estimate of drug-likeness (QED) is 0.799. The van der Waals surface area contributed by atoms with Gasteiger partial charge in [0, 0.05) is 11.8 Å². The van der Waals surface area contributed by atoms with Crippen molar-refractivity contribution >= 4 is 11.7 Å². The normalized spacial score (nSPS) is 11.9. The summed E-state index contributed by atoms with van der Waals surface area (Å²) >= 11 is 0. The van der Waals surface area contributed by atoms with Crippen LogP contribution >= 0.6 is 0 Å². The van der Waals surface area contributed by atoms with Crippen molar-refractivity contribution in [2.75, 3.05) is 25.3 Å². The molecule has 0 aliphatic carbocycles. The van der Waals surface area contributed by atoms with E-state index in [-0.39, 0.29) is 12.8 Å². The Hall–Kier alpha value is -2.89. The van der Waals surface area contributed by atoms with Gasteiger partial charge in [-0.1, -0.05) is 25.1 Å². The molecule has 0 radical (unpaired) electrons. The minimum absolute atomic E-state index is 0.236. The summed E-state index contributed by atoms with van der Waals surface area (Å²) in [5.74, 6) is 2.07. The predicted octanol–water partition coefficient (Wildman–Crippen LogP) is 3.18. The van der Waals surface area contributed by atoms with Crippen molar-refractivity contribution < 1.29 is 19.0 Å². The van der Waals surface area contributed by atoms with Crippen molar-refractivity contribution in [2.45, 2.75) is 13.3 Å². The molecule has 2 aromatic rings. The van der Waals surface area contributed by atoms with Crippen LogP contribution < -0.4 is 24.8 Å². The third-order valence-electron chi connectivity index (χ3n) is 3.65. The molecule has 24 heavy (non-hydrogen) atoms. The summed E-state index contributed by atoms with van der Waals surface area (Å²) in [4.78, 5) is 11.9. The highest BCUT2D eigenvalue weighted by Gasteiger charge is 2.13. The predicted molar refractivity (Wildman–Crippen MR) is 90.9 cm³/mol. The van der Waals surface area contributed by atoms with Gasteiger partial charge in [0.25, 0.3) is 0 Å². The number of amides is 2. The molecule has 6 nitrogen and oxygen atoms in total. The highest BCUT2D eigenvalue weighted by molar-refractivity contribution is 5.90. The SMILES string of the molecule is CCc1ccccc1NC(=O)NCCOc1ccc2c(c1)OCO2. The summed E-state index contributed by atoms with van der Waals surface area (Å²) in [6.45, 7) is 3.05. The molecule has 2 N–H and O–H groups in total. The van der Waals surface area contributed by atoms with Gasteiger partial charge < -0.3 is 24.8 Å². The fraction of sp³-hybridized carbons (Fsp3) is 0.278. The molecule has 0 saturated carbocycles. The molecular formula is C18H20N2O4. The summed E-state index contributed by atoms with van der Waals surface area (Å²) in [6, 6.07) is 12.9. The van der Waals surface area contributed by atoms with Crippen molar-refractivity contribution in [3.63, 3.8) is 0 Å². The second-order valence-electron chi connectivity index (χ2n) is 5.26. The second-order valence-corrected chi connectivity index (χ2v) is 5.26. The molecule has 0 spiro atoms. The lowest BCUT2D eigenvalue weighted by molar-refractivity contribution is 0.173. The number of fused-ring (bicyclic) bond motifs is 1. The number of carbonyl (C=O) groups excluding carboxylic acids is 1. The number of ether oxygens (including phenoxy) is 3. The van der Waals surface area contributed by atoms with Gasteiger partial charge in [-0.15, -0.1) is 0 Å². The first-order valence-electron chi connectivity index (χ1n) is 7.91. The molecule has 2 amide bonds. The van der Waals surface area contributed by atoms with Gasteiger partial charge in [0.15, 0.2) is 11.5 Å². The van der Waals surface area contributed by atoms with Crippen LogP contribution in [0.2, 0.25) is 0 Å². The minimum atomic E-state index is -0.245. The first-order chi connectivity index (χ1) is 11.8. The zero-order valence-corrected chi connectivity index (χ0v) is 13.5. The number of rotatable bonds is 6. The smallest absolute Gasteiger partial charge is 0.319 e. The first-order valence-corrected chi connectivity index (χ1v) is 7.91. The number of hydrogen-bond donors (Lipinski definition) is 2. The van der Waals surface area contributed by atoms with Gasteiger partial charge in [0.05, 0.1) is 6.54 Å². The van der Waals surface area contributed by atoms with E-state index in [0.717, 1.165) is 23.4 Å². The Morgan fingerprint density at radius 1 is 1.17 bits per heavy atom. The second kappa shape index (κ2) is 7.59. The van der Waals surface area contributed by atoms with Crippen molar-refractivity contribution in [3.05, 3.63) is 48.0 Å². The molecule has 0 unspecified atom stereocenters. The van der Waals surface area contributed by atoms with Crippen LogP contribution in [0.4, 0.5) is 10.5 Å². The van der Waals surface area contributed by atoms with Gasteiger partial charge >= 0.3 is 6.03 Å². The Balaban J connectivity index is 1.42. The monoisotopic (exact) mass is 328 g/mol. The Labute approximate surface area is 140 Å². The molecule has 3 rings (SSSR count). The topological polar surface area (TPSA) is 68.8 Å². The number of para-hydroxylation sites is 1. The summed E-state index contributed by atoms with van der Waals surface area (Å²) in [5.41, 5.74) is 1.93.